The largest absolute Gasteiger partial charge is 0.389 e. The summed E-state index contributed by atoms with van der Waals surface area (Å²) in [5, 5.41) is 9.51. The molecule has 0 aliphatic heterocycles. The first-order valence-electron chi connectivity index (χ1n) is 7.18. The Kier molecular flexibility index (Phi) is 6.43. The van der Waals surface area contributed by atoms with Gasteiger partial charge in [-0.2, -0.15) is 0 Å². The number of aliphatic hydroxyl groups is 1. The quantitative estimate of drug-likeness (QED) is 0.833. The minimum Gasteiger partial charge on any atom is -0.389 e. The Morgan fingerprint density at radius 3 is 2.25 bits per heavy atom. The van der Waals surface area contributed by atoms with Crippen molar-refractivity contribution in [1.29, 1.82) is 0 Å². The first-order chi connectivity index (χ1) is 9.31. The van der Waals surface area contributed by atoms with Crippen molar-refractivity contribution in [2.24, 2.45) is 5.92 Å². The second-order valence-corrected chi connectivity index (χ2v) is 6.03. The molecule has 20 heavy (non-hydrogen) atoms. The van der Waals surface area contributed by atoms with Crippen LogP contribution < -0.4 is 4.90 Å². The maximum Gasteiger partial charge on any atom is 0.146 e. The van der Waals surface area contributed by atoms with Crippen LogP contribution in [0.3, 0.4) is 0 Å². The van der Waals surface area contributed by atoms with Crippen LogP contribution in [0.4, 0.5) is 10.1 Å². The molecule has 1 aromatic rings. The molecule has 0 aromatic heterocycles. The van der Waals surface area contributed by atoms with E-state index in [4.69, 9.17) is 0 Å². The highest BCUT2D eigenvalue weighted by molar-refractivity contribution is 5.49. The Balaban J connectivity index is 2.94. The fourth-order valence-electron chi connectivity index (χ4n) is 2.11. The summed E-state index contributed by atoms with van der Waals surface area (Å²) in [5.41, 5.74) is 1.23. The number of likely N-dealkylation sites (N-methyl/N-ethyl adjacent to an activating group) is 1. The van der Waals surface area contributed by atoms with Gasteiger partial charge in [0.1, 0.15) is 5.82 Å². The Morgan fingerprint density at radius 1 is 1.15 bits per heavy atom. The summed E-state index contributed by atoms with van der Waals surface area (Å²) in [4.78, 5) is 4.17. The zero-order valence-electron chi connectivity index (χ0n) is 13.2. The molecule has 0 heterocycles. The number of benzene rings is 1. The van der Waals surface area contributed by atoms with E-state index in [1.165, 1.54) is 6.07 Å². The van der Waals surface area contributed by atoms with Crippen molar-refractivity contribution in [1.82, 2.24) is 4.90 Å². The van der Waals surface area contributed by atoms with Gasteiger partial charge in [0.15, 0.2) is 0 Å². The van der Waals surface area contributed by atoms with Gasteiger partial charge >= 0.3 is 0 Å². The van der Waals surface area contributed by atoms with Crippen molar-refractivity contribution in [2.45, 2.75) is 26.9 Å². The maximum atomic E-state index is 14.3. The summed E-state index contributed by atoms with van der Waals surface area (Å²) in [7, 11) is 4.03. The summed E-state index contributed by atoms with van der Waals surface area (Å²) in [5.74, 6) is 0.204. The van der Waals surface area contributed by atoms with Gasteiger partial charge in [-0.25, -0.2) is 4.39 Å². The van der Waals surface area contributed by atoms with Gasteiger partial charge in [0.2, 0.25) is 0 Å². The highest BCUT2D eigenvalue weighted by Gasteiger charge is 2.14. The average Bonchev–Trinajstić information content (AvgIpc) is 2.33. The molecule has 1 aromatic carbocycles. The van der Waals surface area contributed by atoms with E-state index >= 15 is 0 Å². The topological polar surface area (TPSA) is 26.7 Å². The van der Waals surface area contributed by atoms with Crippen LogP contribution >= 0.6 is 0 Å². The minimum atomic E-state index is -0.640. The van der Waals surface area contributed by atoms with Crippen molar-refractivity contribution >= 4 is 5.69 Å². The molecule has 4 heteroatoms. The van der Waals surface area contributed by atoms with E-state index < -0.39 is 6.10 Å². The maximum absolute atomic E-state index is 14.3. The Labute approximate surface area is 122 Å². The second-order valence-electron chi connectivity index (χ2n) is 6.03. The van der Waals surface area contributed by atoms with Gasteiger partial charge < -0.3 is 14.9 Å². The molecule has 0 unspecified atom stereocenters. The van der Waals surface area contributed by atoms with E-state index in [0.29, 0.717) is 17.2 Å². The minimum absolute atomic E-state index is 0.261. The van der Waals surface area contributed by atoms with Gasteiger partial charge in [-0.05, 0) is 44.6 Å². The Bertz CT molecular complexity index is 419. The summed E-state index contributed by atoms with van der Waals surface area (Å²) in [6.07, 6.45) is -0.640. The highest BCUT2D eigenvalue weighted by Crippen LogP contribution is 2.24. The SMILES string of the molecule is CC(C)CN(CCN(C)C)c1ccc([C@H](C)O)cc1F. The lowest BCUT2D eigenvalue weighted by atomic mass is 10.1. The summed E-state index contributed by atoms with van der Waals surface area (Å²) in [6, 6.07) is 5.00. The average molecular weight is 282 g/mol. The predicted molar refractivity (Wildman–Crippen MR) is 82.6 cm³/mol. The molecule has 1 atom stereocenters. The normalized spacial score (nSPS) is 13.1. The predicted octanol–water partition coefficient (Wildman–Crippen LogP) is 2.90. The first kappa shape index (κ1) is 16.9. The van der Waals surface area contributed by atoms with E-state index in [9.17, 15) is 9.50 Å². The first-order valence-corrected chi connectivity index (χ1v) is 7.18. The monoisotopic (exact) mass is 282 g/mol. The molecule has 3 nitrogen and oxygen atoms in total. The second kappa shape index (κ2) is 7.60. The van der Waals surface area contributed by atoms with Crippen molar-refractivity contribution < 1.29 is 9.50 Å². The van der Waals surface area contributed by atoms with Gasteiger partial charge in [-0.3, -0.25) is 0 Å². The molecule has 0 saturated carbocycles. The van der Waals surface area contributed by atoms with Crippen molar-refractivity contribution in [3.63, 3.8) is 0 Å². The van der Waals surface area contributed by atoms with Crippen LogP contribution in [0, 0.1) is 11.7 Å². The molecule has 0 radical (unpaired) electrons. The molecule has 1 rings (SSSR count). The van der Waals surface area contributed by atoms with Crippen molar-refractivity contribution in [2.75, 3.05) is 38.6 Å². The smallest absolute Gasteiger partial charge is 0.146 e. The molecular weight excluding hydrogens is 255 g/mol. The summed E-state index contributed by atoms with van der Waals surface area (Å²) >= 11 is 0. The van der Waals surface area contributed by atoms with Gasteiger partial charge in [0.25, 0.3) is 0 Å². The molecule has 0 aliphatic carbocycles. The van der Waals surface area contributed by atoms with Gasteiger partial charge in [-0.15, -0.1) is 0 Å². The molecule has 1 N–H and O–H groups in total. The lowest BCUT2D eigenvalue weighted by molar-refractivity contribution is 0.199. The fraction of sp³-hybridized carbons (Fsp3) is 0.625. The lowest BCUT2D eigenvalue weighted by Crippen LogP contribution is -2.35. The van der Waals surface area contributed by atoms with Crippen LogP contribution in [0.5, 0.6) is 0 Å². The Morgan fingerprint density at radius 2 is 1.80 bits per heavy atom. The van der Waals surface area contributed by atoms with E-state index in [1.807, 2.05) is 14.1 Å². The van der Waals surface area contributed by atoms with Crippen LogP contribution in [0.25, 0.3) is 0 Å². The van der Waals surface area contributed by atoms with E-state index in [-0.39, 0.29) is 5.82 Å². The molecule has 0 spiro atoms. The zero-order chi connectivity index (χ0) is 15.3. The number of hydrogen-bond acceptors (Lipinski definition) is 3. The standard InChI is InChI=1S/C16H27FN2O/c1-12(2)11-19(9-8-18(4)5)16-7-6-14(13(3)20)10-15(16)17/h6-7,10,12-13,20H,8-9,11H2,1-5H3/t13-/m0/s1. The van der Waals surface area contributed by atoms with Crippen LogP contribution in [-0.4, -0.2) is 43.7 Å². The van der Waals surface area contributed by atoms with E-state index in [1.54, 1.807) is 19.1 Å². The number of halogens is 1. The molecule has 0 fully saturated rings. The molecule has 0 amide bonds. The number of aliphatic hydroxyl groups excluding tert-OH is 1. The third-order valence-corrected chi connectivity index (χ3v) is 3.20. The number of rotatable bonds is 7. The van der Waals surface area contributed by atoms with E-state index in [0.717, 1.165) is 19.6 Å². The van der Waals surface area contributed by atoms with Crippen LogP contribution in [0.15, 0.2) is 18.2 Å². The fourth-order valence-corrected chi connectivity index (χ4v) is 2.11. The van der Waals surface area contributed by atoms with Gasteiger partial charge in [0, 0.05) is 19.6 Å². The summed E-state index contributed by atoms with van der Waals surface area (Å²) in [6.45, 7) is 8.39. The van der Waals surface area contributed by atoms with Gasteiger partial charge in [0.05, 0.1) is 11.8 Å². The number of nitrogens with zero attached hydrogens (tertiary/aromatic N) is 2. The molecular formula is C16H27FN2O. The zero-order valence-corrected chi connectivity index (χ0v) is 13.2. The summed E-state index contributed by atoms with van der Waals surface area (Å²) < 4.78 is 14.3. The molecule has 0 aliphatic rings. The van der Waals surface area contributed by atoms with Crippen LogP contribution in [0.2, 0.25) is 0 Å². The Hall–Kier alpha value is -1.13. The highest BCUT2D eigenvalue weighted by atomic mass is 19.1. The molecule has 114 valence electrons. The van der Waals surface area contributed by atoms with Crippen LogP contribution in [0.1, 0.15) is 32.4 Å². The van der Waals surface area contributed by atoms with Crippen LogP contribution in [-0.2, 0) is 0 Å². The van der Waals surface area contributed by atoms with E-state index in [2.05, 4.69) is 23.6 Å². The number of anilines is 1. The third-order valence-electron chi connectivity index (χ3n) is 3.20. The third kappa shape index (κ3) is 5.10. The van der Waals surface area contributed by atoms with Crippen molar-refractivity contribution in [3.8, 4) is 0 Å². The molecule has 0 bridgehead atoms. The van der Waals surface area contributed by atoms with Crippen molar-refractivity contribution in [3.05, 3.63) is 29.6 Å². The van der Waals surface area contributed by atoms with Gasteiger partial charge in [-0.1, -0.05) is 19.9 Å². The lowest BCUT2D eigenvalue weighted by Gasteiger charge is -2.28. The molecule has 0 saturated heterocycles. The number of hydrogen-bond donors (Lipinski definition) is 1.